The third-order valence-electron chi connectivity index (χ3n) is 3.26. The highest BCUT2D eigenvalue weighted by Crippen LogP contribution is 2.13. The van der Waals surface area contributed by atoms with Crippen molar-refractivity contribution in [3.05, 3.63) is 82.2 Å². The number of azide groups is 1. The van der Waals surface area contributed by atoms with Crippen molar-refractivity contribution in [3.8, 4) is 0 Å². The average molecular weight is 340 g/mol. The topological polar surface area (TPSA) is 87.5 Å². The fourth-order valence-corrected chi connectivity index (χ4v) is 2.25. The summed E-state index contributed by atoms with van der Waals surface area (Å²) in [7, 11) is 0. The monoisotopic (exact) mass is 340 g/mol. The van der Waals surface area contributed by atoms with E-state index in [1.54, 1.807) is 5.06 Å². The van der Waals surface area contributed by atoms with Crippen molar-refractivity contribution in [2.45, 2.75) is 26.3 Å². The summed E-state index contributed by atoms with van der Waals surface area (Å²) in [6, 6.07) is 19.6. The van der Waals surface area contributed by atoms with Gasteiger partial charge in [0.05, 0.1) is 6.54 Å². The largest absolute Gasteiger partial charge is 0.434 e. The van der Waals surface area contributed by atoms with Crippen molar-refractivity contribution in [1.29, 1.82) is 0 Å². The van der Waals surface area contributed by atoms with Crippen LogP contribution in [-0.4, -0.2) is 23.9 Å². The molecule has 2 aromatic carbocycles. The van der Waals surface area contributed by atoms with Crippen LogP contribution in [0.15, 0.2) is 65.8 Å². The Bertz CT molecular complexity index is 657. The van der Waals surface area contributed by atoms with E-state index in [2.05, 4.69) is 10.0 Å². The molecule has 0 saturated heterocycles. The fraction of sp³-hybridized carbons (Fsp3) is 0.278. The molecule has 0 saturated carbocycles. The predicted octanol–water partition coefficient (Wildman–Crippen LogP) is 3.82. The number of hydrogen-bond acceptors (Lipinski definition) is 5. The van der Waals surface area contributed by atoms with Gasteiger partial charge in [0, 0.05) is 24.9 Å². The van der Waals surface area contributed by atoms with Gasteiger partial charge in [-0.25, -0.2) is 0 Å². The molecule has 0 aliphatic heterocycles. The molecule has 0 N–H and O–H groups in total. The van der Waals surface area contributed by atoms with Crippen LogP contribution < -0.4 is 0 Å². The minimum absolute atomic E-state index is 0.101. The molecule has 130 valence electrons. The molecule has 7 nitrogen and oxygen atoms in total. The molecule has 0 amide bonds. The minimum Gasteiger partial charge on any atom is -0.434 e. The Labute approximate surface area is 146 Å². The minimum atomic E-state index is -0.971. The van der Waals surface area contributed by atoms with Gasteiger partial charge < -0.3 is 4.74 Å². The van der Waals surface area contributed by atoms with Gasteiger partial charge >= 0.3 is 5.97 Å². The number of benzene rings is 2. The number of hydroxylamine groups is 2. The van der Waals surface area contributed by atoms with Crippen LogP contribution in [0, 0.1) is 0 Å². The molecular weight excluding hydrogens is 320 g/mol. The second-order valence-electron chi connectivity index (χ2n) is 5.33. The van der Waals surface area contributed by atoms with Crippen molar-refractivity contribution in [2.75, 3.05) is 6.54 Å². The summed E-state index contributed by atoms with van der Waals surface area (Å²) >= 11 is 0. The lowest BCUT2D eigenvalue weighted by atomic mass is 10.2. The first kappa shape index (κ1) is 18.5. The average Bonchev–Trinajstić information content (AvgIpc) is 2.61. The first-order valence-corrected chi connectivity index (χ1v) is 7.85. The lowest BCUT2D eigenvalue weighted by Crippen LogP contribution is -2.33. The summed E-state index contributed by atoms with van der Waals surface area (Å²) < 4.78 is 5.09. The Kier molecular flexibility index (Phi) is 7.46. The number of nitrogens with zero attached hydrogens (tertiary/aromatic N) is 4. The SMILES string of the molecule is CC(=O)OC(CN=[N+]=[N-])ON(Cc1ccccc1)Cc1ccccc1. The van der Waals surface area contributed by atoms with Crippen molar-refractivity contribution in [2.24, 2.45) is 5.11 Å². The summed E-state index contributed by atoms with van der Waals surface area (Å²) in [6.07, 6.45) is -0.971. The van der Waals surface area contributed by atoms with Crippen LogP contribution in [0.4, 0.5) is 0 Å². The molecule has 0 spiro atoms. The Hall–Kier alpha value is -2.86. The maximum atomic E-state index is 11.3. The highest BCUT2D eigenvalue weighted by atomic mass is 16.8. The van der Waals surface area contributed by atoms with Crippen molar-refractivity contribution >= 4 is 5.97 Å². The molecule has 0 heterocycles. The van der Waals surface area contributed by atoms with E-state index in [-0.39, 0.29) is 6.54 Å². The highest BCUT2D eigenvalue weighted by molar-refractivity contribution is 5.66. The van der Waals surface area contributed by atoms with E-state index >= 15 is 0 Å². The third kappa shape index (κ3) is 7.05. The summed E-state index contributed by atoms with van der Waals surface area (Å²) in [5.74, 6) is -0.502. The van der Waals surface area contributed by atoms with E-state index in [9.17, 15) is 4.79 Å². The molecule has 2 aromatic rings. The van der Waals surface area contributed by atoms with Crippen LogP contribution in [0.3, 0.4) is 0 Å². The van der Waals surface area contributed by atoms with Crippen molar-refractivity contribution in [3.63, 3.8) is 0 Å². The number of esters is 1. The standard InChI is InChI=1S/C18H20N4O3/c1-15(23)24-18(12-20-21-19)25-22(13-16-8-4-2-5-9-16)14-17-10-6-3-7-11-17/h2-11,18H,12-14H2,1H3. The lowest BCUT2D eigenvalue weighted by Gasteiger charge is -2.26. The van der Waals surface area contributed by atoms with Crippen molar-refractivity contribution < 1.29 is 14.4 Å². The number of ether oxygens (including phenoxy) is 1. The normalized spacial score (nSPS) is 11.6. The molecular formula is C18H20N4O3. The van der Waals surface area contributed by atoms with E-state index in [0.717, 1.165) is 11.1 Å². The van der Waals surface area contributed by atoms with E-state index < -0.39 is 12.3 Å². The lowest BCUT2D eigenvalue weighted by molar-refractivity contribution is -0.277. The van der Waals surface area contributed by atoms with Gasteiger partial charge in [-0.15, -0.1) is 0 Å². The van der Waals surface area contributed by atoms with E-state index in [1.807, 2.05) is 60.7 Å². The van der Waals surface area contributed by atoms with Crippen LogP contribution >= 0.6 is 0 Å². The van der Waals surface area contributed by atoms with Crippen LogP contribution in [0.2, 0.25) is 0 Å². The van der Waals surface area contributed by atoms with Gasteiger partial charge in [-0.3, -0.25) is 9.63 Å². The molecule has 1 atom stereocenters. The van der Waals surface area contributed by atoms with Gasteiger partial charge in [-0.05, 0) is 16.7 Å². The van der Waals surface area contributed by atoms with Crippen LogP contribution in [-0.2, 0) is 27.5 Å². The van der Waals surface area contributed by atoms with Gasteiger partial charge in [0.25, 0.3) is 0 Å². The summed E-state index contributed by atoms with van der Waals surface area (Å²) in [5.41, 5.74) is 10.6. The van der Waals surface area contributed by atoms with Gasteiger partial charge in [-0.1, -0.05) is 65.8 Å². The molecule has 0 aliphatic carbocycles. The highest BCUT2D eigenvalue weighted by Gasteiger charge is 2.18. The second kappa shape index (κ2) is 10.1. The maximum Gasteiger partial charge on any atom is 0.304 e. The van der Waals surface area contributed by atoms with Gasteiger partial charge in [0.1, 0.15) is 0 Å². The molecule has 0 fully saturated rings. The van der Waals surface area contributed by atoms with Crippen molar-refractivity contribution in [1.82, 2.24) is 5.06 Å². The third-order valence-corrected chi connectivity index (χ3v) is 3.26. The van der Waals surface area contributed by atoms with Gasteiger partial charge in [-0.2, -0.15) is 5.06 Å². The van der Waals surface area contributed by atoms with Gasteiger partial charge in [0.15, 0.2) is 0 Å². The van der Waals surface area contributed by atoms with E-state index in [1.165, 1.54) is 6.92 Å². The zero-order valence-electron chi connectivity index (χ0n) is 14.0. The number of hydrogen-bond donors (Lipinski definition) is 0. The summed E-state index contributed by atoms with van der Waals surface area (Å²) in [4.78, 5) is 19.7. The predicted molar refractivity (Wildman–Crippen MR) is 92.8 cm³/mol. The Morgan fingerprint density at radius 1 is 1.08 bits per heavy atom. The number of carbonyl (C=O) groups excluding carboxylic acids is 1. The van der Waals surface area contributed by atoms with E-state index in [4.69, 9.17) is 15.1 Å². The van der Waals surface area contributed by atoms with E-state index in [0.29, 0.717) is 13.1 Å². The molecule has 0 aromatic heterocycles. The maximum absolute atomic E-state index is 11.3. The Morgan fingerprint density at radius 2 is 1.60 bits per heavy atom. The van der Waals surface area contributed by atoms with Crippen LogP contribution in [0.25, 0.3) is 10.4 Å². The zero-order valence-corrected chi connectivity index (χ0v) is 14.0. The molecule has 1 unspecified atom stereocenters. The number of carbonyl (C=O) groups is 1. The molecule has 0 radical (unpaired) electrons. The quantitative estimate of drug-likeness (QED) is 0.173. The van der Waals surface area contributed by atoms with Crippen LogP contribution in [0.1, 0.15) is 18.1 Å². The molecule has 7 heteroatoms. The van der Waals surface area contributed by atoms with Crippen LogP contribution in [0.5, 0.6) is 0 Å². The van der Waals surface area contributed by atoms with Gasteiger partial charge in [0.2, 0.25) is 6.29 Å². The smallest absolute Gasteiger partial charge is 0.304 e. The zero-order chi connectivity index (χ0) is 17.9. The Morgan fingerprint density at radius 3 is 2.04 bits per heavy atom. The molecule has 0 aliphatic rings. The molecule has 0 bridgehead atoms. The second-order valence-corrected chi connectivity index (χ2v) is 5.33. The molecule has 25 heavy (non-hydrogen) atoms. The summed E-state index contributed by atoms with van der Waals surface area (Å²) in [5, 5.41) is 5.13. The first-order chi connectivity index (χ1) is 12.2. The molecule has 2 rings (SSSR count). The Balaban J connectivity index is 2.13. The summed E-state index contributed by atoms with van der Waals surface area (Å²) in [6.45, 7) is 2.16. The number of rotatable bonds is 9. The fourth-order valence-electron chi connectivity index (χ4n) is 2.25. The first-order valence-electron chi connectivity index (χ1n) is 7.85.